The van der Waals surface area contributed by atoms with Gasteiger partial charge in [-0.3, -0.25) is 0 Å². The Labute approximate surface area is 160 Å². The summed E-state index contributed by atoms with van der Waals surface area (Å²) in [4.78, 5) is 15.2. The van der Waals surface area contributed by atoms with Crippen LogP contribution in [0.3, 0.4) is 0 Å². The molecule has 0 radical (unpaired) electrons. The molecule has 1 aromatic carbocycles. The molecule has 0 saturated carbocycles. The van der Waals surface area contributed by atoms with Crippen LogP contribution in [0.4, 0.5) is 4.79 Å². The highest BCUT2D eigenvalue weighted by molar-refractivity contribution is 7.99. The van der Waals surface area contributed by atoms with E-state index in [-0.39, 0.29) is 0 Å². The van der Waals surface area contributed by atoms with Crippen LogP contribution >= 0.6 is 23.4 Å². The minimum absolute atomic E-state index is 0.293. The standard InChI is InChI=1S/C18H17ClN4O2S/c1-12-5-4-8-16(21-12)26-17-11-13(9-10-20-18(24)25)22-23(17)15-7-3-2-6-14(15)19/h2-8,11,20H,9-10H2,1H3,(H,24,25). The lowest BCUT2D eigenvalue weighted by molar-refractivity contribution is 0.194. The van der Waals surface area contributed by atoms with Gasteiger partial charge in [-0.25, -0.2) is 14.5 Å². The van der Waals surface area contributed by atoms with Crippen molar-refractivity contribution in [3.05, 3.63) is 64.9 Å². The van der Waals surface area contributed by atoms with Crippen molar-refractivity contribution < 1.29 is 9.90 Å². The number of aromatic nitrogens is 3. The highest BCUT2D eigenvalue weighted by Gasteiger charge is 2.14. The van der Waals surface area contributed by atoms with E-state index in [2.05, 4.69) is 15.4 Å². The normalized spacial score (nSPS) is 10.7. The van der Waals surface area contributed by atoms with Crippen molar-refractivity contribution >= 4 is 29.5 Å². The largest absolute Gasteiger partial charge is 0.465 e. The van der Waals surface area contributed by atoms with Gasteiger partial charge in [-0.2, -0.15) is 5.10 Å². The first-order chi connectivity index (χ1) is 12.5. The Kier molecular flexibility index (Phi) is 5.80. The summed E-state index contributed by atoms with van der Waals surface area (Å²) in [6, 6.07) is 15.2. The third kappa shape index (κ3) is 4.56. The summed E-state index contributed by atoms with van der Waals surface area (Å²) in [7, 11) is 0. The first-order valence-electron chi connectivity index (χ1n) is 7.95. The van der Waals surface area contributed by atoms with Crippen molar-refractivity contribution in [2.45, 2.75) is 23.4 Å². The van der Waals surface area contributed by atoms with Gasteiger partial charge in [0.15, 0.2) is 0 Å². The average molecular weight is 389 g/mol. The minimum Gasteiger partial charge on any atom is -0.465 e. The molecule has 0 atom stereocenters. The molecule has 2 aromatic heterocycles. The maximum Gasteiger partial charge on any atom is 0.404 e. The topological polar surface area (TPSA) is 80.0 Å². The number of halogens is 1. The van der Waals surface area contributed by atoms with Crippen LogP contribution in [0, 0.1) is 6.92 Å². The second-order valence-corrected chi connectivity index (χ2v) is 6.99. The van der Waals surface area contributed by atoms with Gasteiger partial charge in [-0.1, -0.05) is 29.8 Å². The molecule has 6 nitrogen and oxygen atoms in total. The highest BCUT2D eigenvalue weighted by atomic mass is 35.5. The molecular weight excluding hydrogens is 372 g/mol. The summed E-state index contributed by atoms with van der Waals surface area (Å²) in [5, 5.41) is 18.0. The van der Waals surface area contributed by atoms with Gasteiger partial charge in [0.2, 0.25) is 0 Å². The van der Waals surface area contributed by atoms with Crippen molar-refractivity contribution in [3.8, 4) is 5.69 Å². The molecule has 0 spiro atoms. The van der Waals surface area contributed by atoms with E-state index in [0.717, 1.165) is 27.1 Å². The molecule has 0 aliphatic rings. The summed E-state index contributed by atoms with van der Waals surface area (Å²) < 4.78 is 1.77. The van der Waals surface area contributed by atoms with Gasteiger partial charge in [-0.05, 0) is 49.0 Å². The summed E-state index contributed by atoms with van der Waals surface area (Å²) in [6.07, 6.45) is -0.562. The number of carbonyl (C=O) groups is 1. The van der Waals surface area contributed by atoms with Gasteiger partial charge in [0, 0.05) is 18.7 Å². The fourth-order valence-electron chi connectivity index (χ4n) is 2.38. The van der Waals surface area contributed by atoms with Crippen molar-refractivity contribution in [1.29, 1.82) is 0 Å². The zero-order valence-electron chi connectivity index (χ0n) is 14.0. The van der Waals surface area contributed by atoms with Crippen LogP contribution in [-0.2, 0) is 6.42 Å². The van der Waals surface area contributed by atoms with Crippen LogP contribution in [0.1, 0.15) is 11.4 Å². The van der Waals surface area contributed by atoms with Crippen molar-refractivity contribution in [1.82, 2.24) is 20.1 Å². The van der Waals surface area contributed by atoms with Crippen molar-refractivity contribution in [3.63, 3.8) is 0 Å². The lowest BCUT2D eigenvalue weighted by Crippen LogP contribution is -2.23. The lowest BCUT2D eigenvalue weighted by atomic mass is 10.3. The summed E-state index contributed by atoms with van der Waals surface area (Å²) in [5.41, 5.74) is 2.47. The zero-order chi connectivity index (χ0) is 18.5. The Balaban J connectivity index is 1.93. The first kappa shape index (κ1) is 18.3. The second kappa shape index (κ2) is 8.25. The molecule has 2 N–H and O–H groups in total. The number of pyridine rings is 1. The monoisotopic (exact) mass is 388 g/mol. The smallest absolute Gasteiger partial charge is 0.404 e. The van der Waals surface area contributed by atoms with Gasteiger partial charge in [-0.15, -0.1) is 0 Å². The molecule has 3 aromatic rings. The van der Waals surface area contributed by atoms with Crippen molar-refractivity contribution in [2.24, 2.45) is 0 Å². The van der Waals surface area contributed by atoms with Crippen LogP contribution in [0.2, 0.25) is 5.02 Å². The van der Waals surface area contributed by atoms with E-state index in [0.29, 0.717) is 18.0 Å². The number of para-hydroxylation sites is 1. The number of nitrogens with zero attached hydrogens (tertiary/aromatic N) is 3. The Morgan fingerprint density at radius 1 is 1.27 bits per heavy atom. The van der Waals surface area contributed by atoms with Gasteiger partial charge < -0.3 is 10.4 Å². The summed E-state index contributed by atoms with van der Waals surface area (Å²) >= 11 is 7.82. The maximum absolute atomic E-state index is 10.6. The van der Waals surface area contributed by atoms with E-state index < -0.39 is 6.09 Å². The number of rotatable bonds is 6. The molecule has 134 valence electrons. The fourth-order valence-corrected chi connectivity index (χ4v) is 3.57. The molecule has 1 amide bonds. The summed E-state index contributed by atoms with van der Waals surface area (Å²) in [6.45, 7) is 2.24. The Hall–Kier alpha value is -2.51. The van der Waals surface area contributed by atoms with Gasteiger partial charge in [0.05, 0.1) is 16.4 Å². The number of hydrogen-bond acceptors (Lipinski definition) is 4. The zero-order valence-corrected chi connectivity index (χ0v) is 15.6. The van der Waals surface area contributed by atoms with Crippen LogP contribution in [0.5, 0.6) is 0 Å². The third-order valence-electron chi connectivity index (χ3n) is 3.54. The third-order valence-corrected chi connectivity index (χ3v) is 4.79. The lowest BCUT2D eigenvalue weighted by Gasteiger charge is -2.08. The molecule has 26 heavy (non-hydrogen) atoms. The van der Waals surface area contributed by atoms with E-state index in [1.54, 1.807) is 4.68 Å². The number of carboxylic acid groups (broad SMARTS) is 1. The first-order valence-corrected chi connectivity index (χ1v) is 9.14. The molecular formula is C18H17ClN4O2S. The maximum atomic E-state index is 10.6. The van der Waals surface area contributed by atoms with Crippen LogP contribution in [0.15, 0.2) is 58.6 Å². The quantitative estimate of drug-likeness (QED) is 0.661. The highest BCUT2D eigenvalue weighted by Crippen LogP contribution is 2.31. The summed E-state index contributed by atoms with van der Waals surface area (Å²) in [5.74, 6) is 0. The van der Waals surface area contributed by atoms with E-state index in [1.165, 1.54) is 11.8 Å². The molecule has 2 heterocycles. The van der Waals surface area contributed by atoms with E-state index in [1.807, 2.05) is 55.5 Å². The second-order valence-electron chi connectivity index (χ2n) is 5.54. The van der Waals surface area contributed by atoms with Crippen LogP contribution in [0.25, 0.3) is 5.69 Å². The van der Waals surface area contributed by atoms with E-state index in [4.69, 9.17) is 16.7 Å². The molecule has 0 aliphatic carbocycles. The van der Waals surface area contributed by atoms with Crippen LogP contribution in [-0.4, -0.2) is 32.5 Å². The van der Waals surface area contributed by atoms with Gasteiger partial charge >= 0.3 is 6.09 Å². The molecule has 3 rings (SSSR count). The average Bonchev–Trinajstić information content (AvgIpc) is 2.97. The molecule has 0 unspecified atom stereocenters. The fraction of sp³-hybridized carbons (Fsp3) is 0.167. The van der Waals surface area contributed by atoms with Gasteiger partial charge in [0.25, 0.3) is 0 Å². The van der Waals surface area contributed by atoms with Crippen LogP contribution < -0.4 is 5.32 Å². The minimum atomic E-state index is -1.05. The number of hydrogen-bond donors (Lipinski definition) is 2. The number of benzene rings is 1. The SMILES string of the molecule is Cc1cccc(Sc2cc(CCNC(=O)O)nn2-c2ccccc2Cl)n1. The number of aryl methyl sites for hydroxylation is 1. The molecule has 0 fully saturated rings. The molecule has 0 bridgehead atoms. The number of nitrogens with one attached hydrogen (secondary N) is 1. The molecule has 0 saturated heterocycles. The Bertz CT molecular complexity index is 929. The van der Waals surface area contributed by atoms with Gasteiger partial charge in [0.1, 0.15) is 10.1 Å². The van der Waals surface area contributed by atoms with E-state index in [9.17, 15) is 4.79 Å². The predicted octanol–water partition coefficient (Wildman–Crippen LogP) is 4.19. The molecule has 8 heteroatoms. The Morgan fingerprint density at radius 2 is 2.08 bits per heavy atom. The van der Waals surface area contributed by atoms with Crippen molar-refractivity contribution in [2.75, 3.05) is 6.54 Å². The van der Waals surface area contributed by atoms with E-state index >= 15 is 0 Å². The number of amides is 1. The Morgan fingerprint density at radius 3 is 2.81 bits per heavy atom. The molecule has 0 aliphatic heterocycles. The predicted molar refractivity (Wildman–Crippen MR) is 101 cm³/mol.